The van der Waals surface area contributed by atoms with Gasteiger partial charge in [0.2, 0.25) is 5.95 Å². The predicted molar refractivity (Wildman–Crippen MR) is 81.7 cm³/mol. The zero-order chi connectivity index (χ0) is 14.1. The fourth-order valence-corrected chi connectivity index (χ4v) is 2.43. The Hall–Kier alpha value is -1.95. The molecule has 0 atom stereocenters. The summed E-state index contributed by atoms with van der Waals surface area (Å²) in [7, 11) is 0. The van der Waals surface area contributed by atoms with Gasteiger partial charge in [-0.2, -0.15) is 0 Å². The van der Waals surface area contributed by atoms with Crippen LogP contribution in [0.15, 0.2) is 35.1 Å². The first-order chi connectivity index (χ1) is 9.60. The standard InChI is InChI=1S/C14H14BrN5/c1-9-5-10(2)18-14(17-9)16-6-12-8-20-7-11(15)3-4-13(20)19-12/h3-5,7-8H,6H2,1-2H3,(H,16,17,18). The Bertz CT molecular complexity index is 745. The van der Waals surface area contributed by atoms with Crippen LogP contribution in [0.25, 0.3) is 5.65 Å². The largest absolute Gasteiger partial charge is 0.348 e. The van der Waals surface area contributed by atoms with E-state index < -0.39 is 0 Å². The molecule has 0 bridgehead atoms. The highest BCUT2D eigenvalue weighted by molar-refractivity contribution is 9.10. The van der Waals surface area contributed by atoms with Crippen molar-refractivity contribution in [3.63, 3.8) is 0 Å². The van der Waals surface area contributed by atoms with Gasteiger partial charge >= 0.3 is 0 Å². The number of nitrogens with one attached hydrogen (secondary N) is 1. The number of hydrogen-bond donors (Lipinski definition) is 1. The highest BCUT2D eigenvalue weighted by atomic mass is 79.9. The molecule has 3 rings (SSSR count). The number of nitrogens with zero attached hydrogens (tertiary/aromatic N) is 4. The van der Waals surface area contributed by atoms with Crippen LogP contribution in [0.1, 0.15) is 17.1 Å². The molecule has 102 valence electrons. The normalized spacial score (nSPS) is 10.9. The van der Waals surface area contributed by atoms with E-state index in [1.54, 1.807) is 0 Å². The van der Waals surface area contributed by atoms with Crippen molar-refractivity contribution >= 4 is 27.5 Å². The Morgan fingerprint density at radius 2 is 1.85 bits per heavy atom. The molecular weight excluding hydrogens is 318 g/mol. The molecule has 0 saturated carbocycles. The third kappa shape index (κ3) is 2.80. The summed E-state index contributed by atoms with van der Waals surface area (Å²) in [6, 6.07) is 5.90. The zero-order valence-electron chi connectivity index (χ0n) is 11.3. The van der Waals surface area contributed by atoms with Crippen LogP contribution in [0, 0.1) is 13.8 Å². The minimum absolute atomic E-state index is 0.599. The van der Waals surface area contributed by atoms with Gasteiger partial charge in [0.1, 0.15) is 5.65 Å². The number of imidazole rings is 1. The molecule has 6 heteroatoms. The summed E-state index contributed by atoms with van der Waals surface area (Å²) in [6.45, 7) is 4.52. The summed E-state index contributed by atoms with van der Waals surface area (Å²) in [5, 5.41) is 3.21. The van der Waals surface area contributed by atoms with Crippen molar-refractivity contribution in [1.82, 2.24) is 19.4 Å². The summed E-state index contributed by atoms with van der Waals surface area (Å²) in [5.74, 6) is 0.640. The number of aryl methyl sites for hydroxylation is 2. The Kier molecular flexibility index (Phi) is 3.40. The third-order valence-electron chi connectivity index (χ3n) is 2.87. The second kappa shape index (κ2) is 5.20. The molecule has 0 saturated heterocycles. The summed E-state index contributed by atoms with van der Waals surface area (Å²) in [6.07, 6.45) is 3.98. The molecule has 0 spiro atoms. The summed E-state index contributed by atoms with van der Waals surface area (Å²) in [4.78, 5) is 13.2. The molecule has 5 nitrogen and oxygen atoms in total. The quantitative estimate of drug-likeness (QED) is 0.801. The molecule has 0 aliphatic carbocycles. The van der Waals surface area contributed by atoms with Crippen molar-refractivity contribution in [2.24, 2.45) is 0 Å². The maximum Gasteiger partial charge on any atom is 0.223 e. The molecule has 0 aromatic carbocycles. The smallest absolute Gasteiger partial charge is 0.223 e. The first-order valence-electron chi connectivity index (χ1n) is 6.29. The number of halogens is 1. The van der Waals surface area contributed by atoms with Crippen molar-refractivity contribution < 1.29 is 0 Å². The van der Waals surface area contributed by atoms with E-state index in [2.05, 4.69) is 36.2 Å². The van der Waals surface area contributed by atoms with Crippen molar-refractivity contribution in [3.05, 3.63) is 52.1 Å². The Morgan fingerprint density at radius 1 is 1.10 bits per heavy atom. The maximum absolute atomic E-state index is 4.54. The lowest BCUT2D eigenvalue weighted by Crippen LogP contribution is -2.05. The number of fused-ring (bicyclic) bond motifs is 1. The van der Waals surface area contributed by atoms with Gasteiger partial charge in [0.15, 0.2) is 0 Å². The van der Waals surface area contributed by atoms with Gasteiger partial charge in [-0.1, -0.05) is 0 Å². The van der Waals surface area contributed by atoms with Gasteiger partial charge in [-0.05, 0) is 48.0 Å². The molecule has 0 radical (unpaired) electrons. The van der Waals surface area contributed by atoms with Crippen LogP contribution in [-0.2, 0) is 6.54 Å². The first-order valence-corrected chi connectivity index (χ1v) is 7.09. The molecule has 3 heterocycles. The molecular formula is C14H14BrN5. The second-order valence-electron chi connectivity index (χ2n) is 4.67. The fourth-order valence-electron chi connectivity index (χ4n) is 2.08. The van der Waals surface area contributed by atoms with E-state index in [0.717, 1.165) is 27.2 Å². The minimum atomic E-state index is 0.599. The molecule has 0 fully saturated rings. The summed E-state index contributed by atoms with van der Waals surface area (Å²) >= 11 is 3.45. The number of pyridine rings is 1. The van der Waals surface area contributed by atoms with E-state index in [0.29, 0.717) is 12.5 Å². The van der Waals surface area contributed by atoms with Crippen LogP contribution in [0.5, 0.6) is 0 Å². The number of rotatable bonds is 3. The molecule has 0 unspecified atom stereocenters. The van der Waals surface area contributed by atoms with E-state index in [4.69, 9.17) is 0 Å². The van der Waals surface area contributed by atoms with Crippen LogP contribution in [-0.4, -0.2) is 19.4 Å². The molecule has 1 N–H and O–H groups in total. The lowest BCUT2D eigenvalue weighted by atomic mass is 10.3. The molecule has 0 aliphatic heterocycles. The Morgan fingerprint density at radius 3 is 2.60 bits per heavy atom. The van der Waals surface area contributed by atoms with Crippen molar-refractivity contribution in [2.75, 3.05) is 5.32 Å². The topological polar surface area (TPSA) is 55.1 Å². The van der Waals surface area contributed by atoms with E-state index in [1.165, 1.54) is 0 Å². The van der Waals surface area contributed by atoms with Gasteiger partial charge in [-0.25, -0.2) is 15.0 Å². The van der Waals surface area contributed by atoms with Crippen molar-refractivity contribution in [2.45, 2.75) is 20.4 Å². The van der Waals surface area contributed by atoms with Gasteiger partial charge in [0, 0.05) is 28.3 Å². The monoisotopic (exact) mass is 331 g/mol. The lowest BCUT2D eigenvalue weighted by molar-refractivity contribution is 0.985. The molecule has 3 aromatic rings. The average Bonchev–Trinajstić information content (AvgIpc) is 2.77. The third-order valence-corrected chi connectivity index (χ3v) is 3.34. The van der Waals surface area contributed by atoms with E-state index >= 15 is 0 Å². The number of aromatic nitrogens is 4. The highest BCUT2D eigenvalue weighted by Gasteiger charge is 2.04. The predicted octanol–water partition coefficient (Wildman–Crippen LogP) is 3.12. The lowest BCUT2D eigenvalue weighted by Gasteiger charge is -2.04. The van der Waals surface area contributed by atoms with Crippen LogP contribution in [0.4, 0.5) is 5.95 Å². The maximum atomic E-state index is 4.54. The van der Waals surface area contributed by atoms with Crippen molar-refractivity contribution in [3.8, 4) is 0 Å². The zero-order valence-corrected chi connectivity index (χ0v) is 12.8. The van der Waals surface area contributed by atoms with Crippen LogP contribution in [0.3, 0.4) is 0 Å². The van der Waals surface area contributed by atoms with Crippen LogP contribution >= 0.6 is 15.9 Å². The van der Waals surface area contributed by atoms with Gasteiger partial charge in [0.05, 0.1) is 12.2 Å². The Labute approximate surface area is 125 Å². The number of anilines is 1. The van der Waals surface area contributed by atoms with Crippen LogP contribution < -0.4 is 5.32 Å². The van der Waals surface area contributed by atoms with Gasteiger partial charge in [0.25, 0.3) is 0 Å². The average molecular weight is 332 g/mol. The SMILES string of the molecule is Cc1cc(C)nc(NCc2cn3cc(Br)ccc3n2)n1. The summed E-state index contributed by atoms with van der Waals surface area (Å²) < 4.78 is 3.02. The summed E-state index contributed by atoms with van der Waals surface area (Å²) in [5.41, 5.74) is 3.79. The van der Waals surface area contributed by atoms with Gasteiger partial charge in [-0.15, -0.1) is 0 Å². The van der Waals surface area contributed by atoms with E-state index in [1.807, 2.05) is 48.8 Å². The molecule has 0 amide bonds. The fraction of sp³-hybridized carbons (Fsp3) is 0.214. The first kappa shape index (κ1) is 13.1. The number of hydrogen-bond acceptors (Lipinski definition) is 4. The van der Waals surface area contributed by atoms with Gasteiger partial charge in [-0.3, -0.25) is 0 Å². The molecule has 20 heavy (non-hydrogen) atoms. The second-order valence-corrected chi connectivity index (χ2v) is 5.59. The molecule has 0 aliphatic rings. The van der Waals surface area contributed by atoms with Crippen LogP contribution in [0.2, 0.25) is 0 Å². The van der Waals surface area contributed by atoms with E-state index in [-0.39, 0.29) is 0 Å². The highest BCUT2D eigenvalue weighted by Crippen LogP contribution is 2.13. The van der Waals surface area contributed by atoms with E-state index in [9.17, 15) is 0 Å². The molecule has 3 aromatic heterocycles. The minimum Gasteiger partial charge on any atom is -0.348 e. The Balaban J connectivity index is 1.79. The van der Waals surface area contributed by atoms with Crippen molar-refractivity contribution in [1.29, 1.82) is 0 Å². The van der Waals surface area contributed by atoms with Gasteiger partial charge < -0.3 is 9.72 Å².